The first-order valence-electron chi connectivity index (χ1n) is 8.63. The van der Waals surface area contributed by atoms with Gasteiger partial charge in [-0.2, -0.15) is 0 Å². The fourth-order valence-corrected chi connectivity index (χ4v) is 3.08. The van der Waals surface area contributed by atoms with Crippen LogP contribution in [0.25, 0.3) is 33.3 Å². The molecule has 0 aliphatic rings. The molecular weight excluding hydrogens is 372 g/mol. The van der Waals surface area contributed by atoms with Crippen molar-refractivity contribution in [3.05, 3.63) is 64.8 Å². The summed E-state index contributed by atoms with van der Waals surface area (Å²) < 4.78 is 0. The average Bonchev–Trinajstić information content (AvgIpc) is 2.67. The van der Waals surface area contributed by atoms with Gasteiger partial charge in [-0.05, 0) is 48.2 Å². The molecule has 0 unspecified atom stereocenters. The number of rotatable bonds is 3. The Kier molecular flexibility index (Phi) is 4.40. The molecular formula is C20H16N6O3. The number of nitrogens with zero attached hydrogens (tertiary/aromatic N) is 3. The number of hydrogen-bond donors (Lipinski definition) is 4. The number of aryl methyl sites for hydroxylation is 1. The maximum Gasteiger partial charge on any atom is 0.410 e. The second-order valence-electron chi connectivity index (χ2n) is 6.41. The molecule has 0 atom stereocenters. The molecule has 4 aromatic heterocycles. The number of H-pyrrole nitrogens is 1. The van der Waals surface area contributed by atoms with Gasteiger partial charge in [0, 0.05) is 29.5 Å². The zero-order chi connectivity index (χ0) is 20.5. The van der Waals surface area contributed by atoms with Crippen molar-refractivity contribution in [1.29, 1.82) is 0 Å². The van der Waals surface area contributed by atoms with Gasteiger partial charge in [0.25, 0.3) is 5.56 Å². The highest BCUT2D eigenvalue weighted by molar-refractivity contribution is 5.96. The number of carboxylic acid groups (broad SMARTS) is 1. The van der Waals surface area contributed by atoms with Gasteiger partial charge < -0.3 is 15.8 Å². The molecule has 0 saturated heterocycles. The van der Waals surface area contributed by atoms with Gasteiger partial charge in [0.15, 0.2) is 0 Å². The highest BCUT2D eigenvalue weighted by Gasteiger charge is 2.12. The van der Waals surface area contributed by atoms with Gasteiger partial charge in [-0.15, -0.1) is 0 Å². The van der Waals surface area contributed by atoms with E-state index in [1.165, 1.54) is 6.20 Å². The molecule has 0 aromatic carbocycles. The maximum atomic E-state index is 12.0. The topological polar surface area (TPSA) is 147 Å². The van der Waals surface area contributed by atoms with Crippen molar-refractivity contribution < 1.29 is 9.90 Å². The fourth-order valence-electron chi connectivity index (χ4n) is 3.08. The summed E-state index contributed by atoms with van der Waals surface area (Å²) in [4.78, 5) is 38.4. The van der Waals surface area contributed by atoms with Crippen LogP contribution in [0.3, 0.4) is 0 Å². The average molecular weight is 388 g/mol. The molecule has 0 spiro atoms. The van der Waals surface area contributed by atoms with Crippen LogP contribution in [-0.2, 0) is 0 Å². The van der Waals surface area contributed by atoms with E-state index in [1.807, 2.05) is 13.0 Å². The third kappa shape index (κ3) is 3.48. The van der Waals surface area contributed by atoms with Crippen LogP contribution in [-0.4, -0.2) is 31.1 Å². The summed E-state index contributed by atoms with van der Waals surface area (Å²) in [6.07, 6.45) is 3.48. The molecule has 0 radical (unpaired) electrons. The molecule has 4 aromatic rings. The number of hydrogen-bond acceptors (Lipinski definition) is 6. The quantitative estimate of drug-likeness (QED) is 0.422. The van der Waals surface area contributed by atoms with E-state index in [4.69, 9.17) is 10.8 Å². The molecule has 144 valence electrons. The minimum Gasteiger partial charge on any atom is -0.465 e. The predicted molar refractivity (Wildman–Crippen MR) is 110 cm³/mol. The van der Waals surface area contributed by atoms with E-state index < -0.39 is 6.09 Å². The fraction of sp³-hybridized carbons (Fsp3) is 0.0500. The summed E-state index contributed by atoms with van der Waals surface area (Å²) in [7, 11) is 0. The van der Waals surface area contributed by atoms with Crippen molar-refractivity contribution in [1.82, 2.24) is 19.9 Å². The minimum atomic E-state index is -1.20. The number of amides is 1. The molecule has 4 rings (SSSR count). The lowest BCUT2D eigenvalue weighted by atomic mass is 10.0. The normalized spacial score (nSPS) is 10.8. The van der Waals surface area contributed by atoms with Gasteiger partial charge in [0.2, 0.25) is 0 Å². The Bertz CT molecular complexity index is 1320. The maximum absolute atomic E-state index is 12.0. The van der Waals surface area contributed by atoms with Gasteiger partial charge >= 0.3 is 6.09 Å². The first-order valence-corrected chi connectivity index (χ1v) is 8.63. The second-order valence-corrected chi connectivity index (χ2v) is 6.41. The Morgan fingerprint density at radius 1 is 1.14 bits per heavy atom. The van der Waals surface area contributed by atoms with Crippen molar-refractivity contribution >= 4 is 28.5 Å². The van der Waals surface area contributed by atoms with E-state index in [2.05, 4.69) is 25.3 Å². The van der Waals surface area contributed by atoms with E-state index in [-0.39, 0.29) is 17.2 Å². The predicted octanol–water partition coefficient (Wildman–Crippen LogP) is 3.03. The number of aromatic nitrogens is 4. The van der Waals surface area contributed by atoms with Crippen LogP contribution in [0.5, 0.6) is 0 Å². The number of nitrogens with two attached hydrogens (primary N) is 1. The van der Waals surface area contributed by atoms with Gasteiger partial charge in [0.1, 0.15) is 11.6 Å². The lowest BCUT2D eigenvalue weighted by Crippen LogP contribution is -2.08. The number of fused-ring (bicyclic) bond motifs is 1. The summed E-state index contributed by atoms with van der Waals surface area (Å²) in [5, 5.41) is 12.4. The van der Waals surface area contributed by atoms with Crippen LogP contribution in [0.4, 0.5) is 16.4 Å². The molecule has 0 fully saturated rings. The zero-order valence-electron chi connectivity index (χ0n) is 15.3. The third-order valence-corrected chi connectivity index (χ3v) is 4.46. The zero-order valence-corrected chi connectivity index (χ0v) is 15.3. The Labute approximate surface area is 164 Å². The van der Waals surface area contributed by atoms with Gasteiger partial charge in [-0.3, -0.25) is 15.1 Å². The van der Waals surface area contributed by atoms with E-state index in [1.54, 1.807) is 36.7 Å². The van der Waals surface area contributed by atoms with Crippen LogP contribution >= 0.6 is 0 Å². The Hall–Kier alpha value is -4.27. The highest BCUT2D eigenvalue weighted by Crippen LogP contribution is 2.29. The van der Waals surface area contributed by atoms with Gasteiger partial charge in [0.05, 0.1) is 17.0 Å². The lowest BCUT2D eigenvalue weighted by Gasteiger charge is -2.10. The molecule has 29 heavy (non-hydrogen) atoms. The molecule has 4 heterocycles. The highest BCUT2D eigenvalue weighted by atomic mass is 16.4. The third-order valence-electron chi connectivity index (χ3n) is 4.46. The van der Waals surface area contributed by atoms with E-state index in [9.17, 15) is 9.59 Å². The van der Waals surface area contributed by atoms with Crippen LogP contribution in [0.15, 0.2) is 53.7 Å². The SMILES string of the molecule is Cc1cc(-c2ccc[nH]c2=O)ncc1-c1cc2cc(NC(=O)O)ncc2c(N)n1. The number of pyridine rings is 4. The van der Waals surface area contributed by atoms with Crippen molar-refractivity contribution in [2.75, 3.05) is 11.1 Å². The molecule has 0 aliphatic heterocycles. The molecule has 1 amide bonds. The summed E-state index contributed by atoms with van der Waals surface area (Å²) in [5.74, 6) is 0.463. The second kappa shape index (κ2) is 7.04. The summed E-state index contributed by atoms with van der Waals surface area (Å²) in [5.41, 5.74) is 9.09. The van der Waals surface area contributed by atoms with Crippen molar-refractivity contribution in [2.24, 2.45) is 0 Å². The van der Waals surface area contributed by atoms with Crippen LogP contribution in [0, 0.1) is 6.92 Å². The van der Waals surface area contributed by atoms with Gasteiger partial charge in [-0.1, -0.05) is 0 Å². The first kappa shape index (κ1) is 18.1. The standard InChI is InChI=1S/C20H16N6O3/c1-10-5-15(12-3-2-4-22-19(12)27)23-8-13(10)16-6-11-7-17(26-20(28)29)24-9-14(11)18(21)25-16/h2-9H,1H3,(H2,21,25)(H,22,27)(H,24,26)(H,28,29). The molecule has 0 bridgehead atoms. The Morgan fingerprint density at radius 3 is 2.69 bits per heavy atom. The van der Waals surface area contributed by atoms with E-state index in [0.29, 0.717) is 27.7 Å². The number of anilines is 2. The van der Waals surface area contributed by atoms with Crippen LogP contribution in [0.2, 0.25) is 0 Å². The first-order chi connectivity index (χ1) is 13.9. The number of carbonyl (C=O) groups is 1. The largest absolute Gasteiger partial charge is 0.465 e. The van der Waals surface area contributed by atoms with Crippen molar-refractivity contribution in [2.45, 2.75) is 6.92 Å². The lowest BCUT2D eigenvalue weighted by molar-refractivity contribution is 0.209. The molecule has 0 aliphatic carbocycles. The van der Waals surface area contributed by atoms with Crippen LogP contribution in [0.1, 0.15) is 5.56 Å². The number of aromatic amines is 1. The Balaban J connectivity index is 1.80. The summed E-state index contributed by atoms with van der Waals surface area (Å²) in [6.45, 7) is 1.89. The van der Waals surface area contributed by atoms with Crippen molar-refractivity contribution in [3.8, 4) is 22.5 Å². The number of nitrogen functional groups attached to an aromatic ring is 1. The molecule has 9 heteroatoms. The van der Waals surface area contributed by atoms with Crippen molar-refractivity contribution in [3.63, 3.8) is 0 Å². The molecule has 9 nitrogen and oxygen atoms in total. The van der Waals surface area contributed by atoms with E-state index >= 15 is 0 Å². The van der Waals surface area contributed by atoms with Gasteiger partial charge in [-0.25, -0.2) is 14.8 Å². The molecule has 0 saturated carbocycles. The summed E-state index contributed by atoms with van der Waals surface area (Å²) in [6, 6.07) is 8.64. The Morgan fingerprint density at radius 2 is 1.97 bits per heavy atom. The summed E-state index contributed by atoms with van der Waals surface area (Å²) >= 11 is 0. The monoisotopic (exact) mass is 388 g/mol. The van der Waals surface area contributed by atoms with Crippen LogP contribution < -0.4 is 16.6 Å². The molecule has 5 N–H and O–H groups in total. The van der Waals surface area contributed by atoms with E-state index in [0.717, 1.165) is 11.1 Å². The minimum absolute atomic E-state index is 0.190. The smallest absolute Gasteiger partial charge is 0.410 e. The number of nitrogens with one attached hydrogen (secondary N) is 2.